The van der Waals surface area contributed by atoms with Crippen molar-refractivity contribution in [2.75, 3.05) is 31.6 Å². The van der Waals surface area contributed by atoms with Gasteiger partial charge in [-0.25, -0.2) is 9.59 Å². The van der Waals surface area contributed by atoms with Gasteiger partial charge in [-0.2, -0.15) is 0 Å². The highest BCUT2D eigenvalue weighted by Crippen LogP contribution is 2.18. The topological polar surface area (TPSA) is 268 Å². The highest BCUT2D eigenvalue weighted by molar-refractivity contribution is 6.12. The lowest BCUT2D eigenvalue weighted by atomic mass is 10.0. The standard InChI is InChI=1S/C34H41N7O12/c1-21(2)30(39-27(42)15-18-51-19-17-40-28(43)13-14-29(40)44)32(46)38-26(4-3-16-36-33(35)47)31(45)37-23-7-5-22(6-8-23)20-52-34(48)53-25-11-9-24(10-12-25)41(49)50/h5-14,21,26,30H,3-4,15-20H2,1-2H3,(H,37,45)(H,38,46)(H,39,42)(H3,35,36,47)/t26-,30-/m0/s1. The molecule has 0 aliphatic carbocycles. The van der Waals surface area contributed by atoms with E-state index < -0.39 is 58.7 Å². The van der Waals surface area contributed by atoms with E-state index in [2.05, 4.69) is 21.3 Å². The Kier molecular flexibility index (Phi) is 15.9. The molecule has 3 rings (SSSR count). The Labute approximate surface area is 303 Å². The van der Waals surface area contributed by atoms with Crippen molar-refractivity contribution in [2.24, 2.45) is 11.7 Å². The zero-order valence-corrected chi connectivity index (χ0v) is 29.0. The molecule has 0 bridgehead atoms. The quantitative estimate of drug-likeness (QED) is 0.0324. The largest absolute Gasteiger partial charge is 0.514 e. The molecule has 0 saturated carbocycles. The van der Waals surface area contributed by atoms with Crippen LogP contribution in [0.2, 0.25) is 0 Å². The molecular formula is C34H41N7O12. The Morgan fingerprint density at radius 3 is 2.17 bits per heavy atom. The normalized spacial score (nSPS) is 13.2. The molecule has 19 nitrogen and oxygen atoms in total. The lowest BCUT2D eigenvalue weighted by molar-refractivity contribution is -0.384. The van der Waals surface area contributed by atoms with Gasteiger partial charge < -0.3 is 41.2 Å². The van der Waals surface area contributed by atoms with Crippen molar-refractivity contribution < 1.29 is 52.7 Å². The molecule has 19 heteroatoms. The van der Waals surface area contributed by atoms with Crippen LogP contribution in [0, 0.1) is 16.0 Å². The molecule has 1 heterocycles. The summed E-state index contributed by atoms with van der Waals surface area (Å²) >= 11 is 0. The van der Waals surface area contributed by atoms with Crippen molar-refractivity contribution in [1.82, 2.24) is 20.9 Å². The number of hydrogen-bond donors (Lipinski definition) is 5. The van der Waals surface area contributed by atoms with Crippen LogP contribution in [0.25, 0.3) is 0 Å². The van der Waals surface area contributed by atoms with E-state index in [4.69, 9.17) is 19.9 Å². The second-order valence-electron chi connectivity index (χ2n) is 11.9. The number of nitrogens with two attached hydrogens (primary N) is 1. The molecule has 0 saturated heterocycles. The number of nitrogens with zero attached hydrogens (tertiary/aromatic N) is 2. The van der Waals surface area contributed by atoms with Crippen LogP contribution in [0.5, 0.6) is 5.75 Å². The van der Waals surface area contributed by atoms with Crippen molar-refractivity contribution in [2.45, 2.75) is 51.8 Å². The second-order valence-corrected chi connectivity index (χ2v) is 11.9. The van der Waals surface area contributed by atoms with Crippen molar-refractivity contribution in [1.29, 1.82) is 0 Å². The maximum absolute atomic E-state index is 13.4. The fourth-order valence-corrected chi connectivity index (χ4v) is 4.72. The number of urea groups is 1. The van der Waals surface area contributed by atoms with E-state index in [9.17, 15) is 43.7 Å². The molecule has 2 atom stereocenters. The number of carbonyl (C=O) groups is 7. The monoisotopic (exact) mass is 739 g/mol. The summed E-state index contributed by atoms with van der Waals surface area (Å²) < 4.78 is 15.5. The molecular weight excluding hydrogens is 698 g/mol. The number of primary amides is 1. The first-order chi connectivity index (χ1) is 25.2. The van der Waals surface area contributed by atoms with Crippen molar-refractivity contribution >= 4 is 53.1 Å². The zero-order valence-electron chi connectivity index (χ0n) is 29.0. The molecule has 2 aromatic carbocycles. The summed E-state index contributed by atoms with van der Waals surface area (Å²) in [4.78, 5) is 97.0. The van der Waals surface area contributed by atoms with E-state index in [1.54, 1.807) is 38.1 Å². The molecule has 7 amide bonds. The Morgan fingerprint density at radius 1 is 0.906 bits per heavy atom. The van der Waals surface area contributed by atoms with Gasteiger partial charge in [0.2, 0.25) is 17.7 Å². The van der Waals surface area contributed by atoms with Gasteiger partial charge in [0.25, 0.3) is 17.5 Å². The average Bonchev–Trinajstić information content (AvgIpc) is 3.43. The van der Waals surface area contributed by atoms with Crippen LogP contribution < -0.4 is 31.7 Å². The third kappa shape index (κ3) is 14.0. The first-order valence-corrected chi connectivity index (χ1v) is 16.5. The predicted molar refractivity (Wildman–Crippen MR) is 186 cm³/mol. The van der Waals surface area contributed by atoms with Crippen LogP contribution in [-0.4, -0.2) is 89.9 Å². The third-order valence-corrected chi connectivity index (χ3v) is 7.53. The van der Waals surface area contributed by atoms with Crippen LogP contribution in [0.4, 0.5) is 21.0 Å². The SMILES string of the molecule is CC(C)[C@H](NC(=O)CCOCCN1C(=O)C=CC1=O)C(=O)N[C@@H](CCCNC(N)=O)C(=O)Nc1ccc(COC(=O)Oc2ccc([N+](=O)[O-])cc2)cc1. The Balaban J connectivity index is 1.52. The Bertz CT molecular complexity index is 1660. The molecule has 2 aromatic rings. The summed E-state index contributed by atoms with van der Waals surface area (Å²) in [6, 6.07) is 8.27. The molecule has 1 aliphatic heterocycles. The molecule has 0 radical (unpaired) electrons. The number of rotatable bonds is 20. The van der Waals surface area contributed by atoms with Crippen LogP contribution in [0.15, 0.2) is 60.7 Å². The fraction of sp³-hybridized carbons (Fsp3) is 0.382. The zero-order chi connectivity index (χ0) is 38.9. The number of imide groups is 1. The number of anilines is 1. The minimum Gasteiger partial charge on any atom is -0.429 e. The van der Waals surface area contributed by atoms with Gasteiger partial charge in [-0.05, 0) is 48.6 Å². The third-order valence-electron chi connectivity index (χ3n) is 7.53. The highest BCUT2D eigenvalue weighted by Gasteiger charge is 2.29. The van der Waals surface area contributed by atoms with Crippen LogP contribution in [0.3, 0.4) is 0 Å². The highest BCUT2D eigenvalue weighted by atomic mass is 16.7. The number of nitro benzene ring substituents is 1. The van der Waals surface area contributed by atoms with E-state index in [1.165, 1.54) is 24.3 Å². The Hall–Kier alpha value is -6.37. The molecule has 284 valence electrons. The molecule has 0 fully saturated rings. The van der Waals surface area contributed by atoms with Gasteiger partial charge in [0.1, 0.15) is 24.4 Å². The summed E-state index contributed by atoms with van der Waals surface area (Å²) in [5.74, 6) is -2.90. The predicted octanol–water partition coefficient (Wildman–Crippen LogP) is 1.65. The maximum atomic E-state index is 13.4. The van der Waals surface area contributed by atoms with Crippen molar-refractivity contribution in [3.05, 3.63) is 76.4 Å². The molecule has 0 spiro atoms. The van der Waals surface area contributed by atoms with Crippen LogP contribution in [-0.2, 0) is 40.1 Å². The van der Waals surface area contributed by atoms with Crippen molar-refractivity contribution in [3.8, 4) is 5.75 Å². The van der Waals surface area contributed by atoms with Gasteiger partial charge in [0.05, 0.1) is 24.7 Å². The fourth-order valence-electron chi connectivity index (χ4n) is 4.72. The summed E-state index contributed by atoms with van der Waals surface area (Å²) in [6.07, 6.45) is 1.55. The van der Waals surface area contributed by atoms with E-state index in [0.717, 1.165) is 17.1 Å². The number of non-ortho nitro benzene ring substituents is 1. The Morgan fingerprint density at radius 2 is 1.57 bits per heavy atom. The van der Waals surface area contributed by atoms with E-state index >= 15 is 0 Å². The van der Waals surface area contributed by atoms with Gasteiger partial charge in [-0.3, -0.25) is 39.0 Å². The van der Waals surface area contributed by atoms with Gasteiger partial charge in [0.15, 0.2) is 0 Å². The summed E-state index contributed by atoms with van der Waals surface area (Å²) in [5, 5.41) is 21.2. The van der Waals surface area contributed by atoms with E-state index in [1.807, 2.05) is 0 Å². The van der Waals surface area contributed by atoms with E-state index in [0.29, 0.717) is 11.3 Å². The summed E-state index contributed by atoms with van der Waals surface area (Å²) in [5.41, 5.74) is 5.85. The van der Waals surface area contributed by atoms with Gasteiger partial charge in [-0.1, -0.05) is 26.0 Å². The number of carbonyl (C=O) groups excluding carboxylic acids is 7. The number of ether oxygens (including phenoxy) is 3. The van der Waals surface area contributed by atoms with Gasteiger partial charge >= 0.3 is 12.2 Å². The molecule has 53 heavy (non-hydrogen) atoms. The van der Waals surface area contributed by atoms with Crippen LogP contribution in [0.1, 0.15) is 38.7 Å². The molecule has 1 aliphatic rings. The lowest BCUT2D eigenvalue weighted by Crippen LogP contribution is -2.54. The maximum Gasteiger partial charge on any atom is 0.514 e. The number of amides is 7. The van der Waals surface area contributed by atoms with Gasteiger partial charge in [-0.15, -0.1) is 0 Å². The molecule has 0 aromatic heterocycles. The number of nitro groups is 1. The van der Waals surface area contributed by atoms with Gasteiger partial charge in [0, 0.05) is 42.9 Å². The smallest absolute Gasteiger partial charge is 0.429 e. The summed E-state index contributed by atoms with van der Waals surface area (Å²) in [6.45, 7) is 3.41. The first kappa shape index (κ1) is 41.1. The second kappa shape index (κ2) is 20.5. The molecule has 6 N–H and O–H groups in total. The number of nitrogens with one attached hydrogen (secondary N) is 4. The van der Waals surface area contributed by atoms with Crippen molar-refractivity contribution in [3.63, 3.8) is 0 Å². The minimum atomic E-state index is -1.08. The first-order valence-electron chi connectivity index (χ1n) is 16.5. The molecule has 0 unspecified atom stereocenters. The number of hydrogen-bond acceptors (Lipinski definition) is 12. The number of benzene rings is 2. The minimum absolute atomic E-state index is 0.0270. The lowest BCUT2D eigenvalue weighted by Gasteiger charge is -2.25. The average molecular weight is 740 g/mol. The van der Waals surface area contributed by atoms with E-state index in [-0.39, 0.29) is 69.5 Å². The summed E-state index contributed by atoms with van der Waals surface area (Å²) in [7, 11) is 0. The van der Waals surface area contributed by atoms with Crippen LogP contribution >= 0.6 is 0 Å².